The van der Waals surface area contributed by atoms with E-state index in [1.165, 1.54) is 12.2 Å². The number of ether oxygens (including phenoxy) is 2. The van der Waals surface area contributed by atoms with Crippen LogP contribution in [0.4, 0.5) is 10.5 Å². The number of hydrogen-bond acceptors (Lipinski definition) is 8. The minimum absolute atomic E-state index is 0.00837. The first-order valence-corrected chi connectivity index (χ1v) is 16.6. The number of esters is 1. The van der Waals surface area contributed by atoms with Crippen molar-refractivity contribution in [3.05, 3.63) is 104 Å². The van der Waals surface area contributed by atoms with Crippen LogP contribution in [-0.2, 0) is 35.3 Å². The fourth-order valence-corrected chi connectivity index (χ4v) is 5.69. The molecule has 12 nitrogen and oxygen atoms in total. The molecule has 12 heteroatoms. The van der Waals surface area contributed by atoms with E-state index >= 15 is 0 Å². The molecule has 1 aliphatic rings. The Morgan fingerprint density at radius 3 is 2.30 bits per heavy atom. The second kappa shape index (κ2) is 18.9. The van der Waals surface area contributed by atoms with Crippen LogP contribution in [-0.4, -0.2) is 77.7 Å². The van der Waals surface area contributed by atoms with E-state index in [1.54, 1.807) is 41.3 Å². The molecule has 0 unspecified atom stereocenters. The van der Waals surface area contributed by atoms with Crippen LogP contribution in [0, 0.1) is 5.92 Å². The molecule has 1 aliphatic heterocycles. The first kappa shape index (κ1) is 37.3. The molecule has 0 saturated carbocycles. The largest absolute Gasteiger partial charge is 0.461 e. The molecule has 1 heterocycles. The van der Waals surface area contributed by atoms with Gasteiger partial charge in [-0.15, -0.1) is 13.2 Å². The maximum Gasteiger partial charge on any atom is 0.408 e. The Bertz CT molecular complexity index is 1660. The van der Waals surface area contributed by atoms with E-state index in [4.69, 9.17) is 9.47 Å². The number of amides is 4. The molecule has 0 bridgehead atoms. The maximum atomic E-state index is 13.6. The van der Waals surface area contributed by atoms with Gasteiger partial charge >= 0.3 is 12.1 Å². The van der Waals surface area contributed by atoms with E-state index in [-0.39, 0.29) is 44.4 Å². The average molecular weight is 685 g/mol. The number of nitrogens with one attached hydrogen (secondary N) is 3. The zero-order chi connectivity index (χ0) is 35.9. The zero-order valence-electron chi connectivity index (χ0n) is 27.9. The highest BCUT2D eigenvalue weighted by Crippen LogP contribution is 2.22. The SMILES string of the molecule is C=CC[C@H](CC(=O)N1CCC[C@H]1CO)C(=O)N[C@@H](COC(=O)[C@@H](CC=C)NC(=O)OCc1ccccc1)C(=O)Nc1ccc2ccccc2c1. The summed E-state index contributed by atoms with van der Waals surface area (Å²) in [5.74, 6) is -3.31. The van der Waals surface area contributed by atoms with E-state index < -0.39 is 48.5 Å². The summed E-state index contributed by atoms with van der Waals surface area (Å²) in [6.07, 6.45) is 3.50. The van der Waals surface area contributed by atoms with Gasteiger partial charge in [-0.3, -0.25) is 14.4 Å². The van der Waals surface area contributed by atoms with Crippen molar-refractivity contribution in [2.75, 3.05) is 25.1 Å². The van der Waals surface area contributed by atoms with Gasteiger partial charge in [-0.2, -0.15) is 0 Å². The maximum absolute atomic E-state index is 13.6. The van der Waals surface area contributed by atoms with Crippen molar-refractivity contribution in [2.45, 2.75) is 56.8 Å². The molecule has 0 radical (unpaired) electrons. The fraction of sp³-hybridized carbons (Fsp3) is 0.342. The number of allylic oxidation sites excluding steroid dienone is 1. The van der Waals surface area contributed by atoms with E-state index in [0.29, 0.717) is 18.7 Å². The van der Waals surface area contributed by atoms with Crippen molar-refractivity contribution < 1.29 is 38.6 Å². The van der Waals surface area contributed by atoms with Crippen LogP contribution in [0.3, 0.4) is 0 Å². The minimum Gasteiger partial charge on any atom is -0.461 e. The number of fused-ring (bicyclic) bond motifs is 1. The molecule has 4 rings (SSSR count). The van der Waals surface area contributed by atoms with Gasteiger partial charge < -0.3 is 35.4 Å². The van der Waals surface area contributed by atoms with Gasteiger partial charge in [0.25, 0.3) is 5.91 Å². The first-order valence-electron chi connectivity index (χ1n) is 16.6. The zero-order valence-corrected chi connectivity index (χ0v) is 27.9. The summed E-state index contributed by atoms with van der Waals surface area (Å²) in [5.41, 5.74) is 1.21. The van der Waals surface area contributed by atoms with E-state index in [9.17, 15) is 29.1 Å². The van der Waals surface area contributed by atoms with Gasteiger partial charge in [-0.05, 0) is 54.2 Å². The highest BCUT2D eigenvalue weighted by atomic mass is 16.6. The van der Waals surface area contributed by atoms with E-state index in [1.807, 2.05) is 36.4 Å². The number of rotatable bonds is 17. The summed E-state index contributed by atoms with van der Waals surface area (Å²) in [7, 11) is 0. The van der Waals surface area contributed by atoms with Crippen LogP contribution in [0.15, 0.2) is 98.1 Å². The number of aliphatic hydroxyl groups excluding tert-OH is 1. The molecule has 0 spiro atoms. The number of carbonyl (C=O) groups excluding carboxylic acids is 5. The molecule has 0 aromatic heterocycles. The van der Waals surface area contributed by atoms with Gasteiger partial charge in [0.05, 0.1) is 18.6 Å². The van der Waals surface area contributed by atoms with E-state index in [0.717, 1.165) is 22.8 Å². The number of alkyl carbamates (subject to hydrolysis) is 1. The fourth-order valence-electron chi connectivity index (χ4n) is 5.69. The van der Waals surface area contributed by atoms with Crippen LogP contribution in [0.1, 0.15) is 37.7 Å². The third-order valence-corrected chi connectivity index (χ3v) is 8.39. The lowest BCUT2D eigenvalue weighted by molar-refractivity contribution is -0.148. The number of nitrogens with zero attached hydrogens (tertiary/aromatic N) is 1. The van der Waals surface area contributed by atoms with Crippen LogP contribution >= 0.6 is 0 Å². The number of anilines is 1. The van der Waals surface area contributed by atoms with Crippen molar-refractivity contribution in [1.82, 2.24) is 15.5 Å². The van der Waals surface area contributed by atoms with Crippen molar-refractivity contribution >= 4 is 46.2 Å². The summed E-state index contributed by atoms with van der Waals surface area (Å²) in [6, 6.07) is 19.1. The van der Waals surface area contributed by atoms with Crippen LogP contribution in [0.25, 0.3) is 10.8 Å². The summed E-state index contributed by atoms with van der Waals surface area (Å²) >= 11 is 0. The van der Waals surface area contributed by atoms with Gasteiger partial charge in [0.15, 0.2) is 0 Å². The molecule has 50 heavy (non-hydrogen) atoms. The Labute approximate surface area is 291 Å². The standard InChI is InChI=1S/C38H44N4O8/c1-3-11-29(22-34(44)42-20-10-17-31(42)23-43)35(45)40-33(36(46)39-30-19-18-27-15-8-9-16-28(27)21-30)25-49-37(47)32(12-4-2)41-38(48)50-24-26-13-6-5-7-14-26/h3-9,13-16,18-19,21,29,31-33,43H,1-2,10-12,17,20,22-25H2,(H,39,46)(H,40,45)(H,41,48)/t29-,31+,32-,33+/m1/s1. The van der Waals surface area contributed by atoms with Gasteiger partial charge in [-0.1, -0.05) is 72.8 Å². The average Bonchev–Trinajstić information content (AvgIpc) is 3.61. The molecule has 264 valence electrons. The minimum atomic E-state index is -1.37. The molecular formula is C38H44N4O8. The molecule has 4 amide bonds. The normalized spacial score (nSPS) is 15.6. The molecule has 4 N–H and O–H groups in total. The second-order valence-electron chi connectivity index (χ2n) is 12.0. The van der Waals surface area contributed by atoms with Crippen molar-refractivity contribution in [1.29, 1.82) is 0 Å². The number of benzene rings is 3. The summed E-state index contributed by atoms with van der Waals surface area (Å²) in [6.45, 7) is 7.08. The lowest BCUT2D eigenvalue weighted by Gasteiger charge is -2.26. The van der Waals surface area contributed by atoms with Gasteiger partial charge in [0, 0.05) is 18.7 Å². The molecule has 3 aromatic carbocycles. The van der Waals surface area contributed by atoms with Crippen molar-refractivity contribution in [3.8, 4) is 0 Å². The Balaban J connectivity index is 1.46. The monoisotopic (exact) mass is 684 g/mol. The van der Waals surface area contributed by atoms with Gasteiger partial charge in [-0.25, -0.2) is 9.59 Å². The number of likely N-dealkylation sites (tertiary alicyclic amines) is 1. The highest BCUT2D eigenvalue weighted by molar-refractivity contribution is 6.00. The third kappa shape index (κ3) is 10.8. The summed E-state index contributed by atoms with van der Waals surface area (Å²) in [5, 5.41) is 19.4. The molecule has 1 saturated heterocycles. The van der Waals surface area contributed by atoms with Gasteiger partial charge in [0.2, 0.25) is 11.8 Å². The molecule has 0 aliphatic carbocycles. The third-order valence-electron chi connectivity index (χ3n) is 8.39. The number of aliphatic hydroxyl groups is 1. The Hall–Kier alpha value is -5.49. The quantitative estimate of drug-likeness (QED) is 0.121. The molecule has 4 atom stereocenters. The Morgan fingerprint density at radius 1 is 0.860 bits per heavy atom. The van der Waals surface area contributed by atoms with E-state index in [2.05, 4.69) is 29.1 Å². The highest BCUT2D eigenvalue weighted by Gasteiger charge is 2.33. The molecule has 1 fully saturated rings. The molecular weight excluding hydrogens is 640 g/mol. The summed E-state index contributed by atoms with van der Waals surface area (Å²) < 4.78 is 10.7. The first-order chi connectivity index (χ1) is 24.2. The number of hydrogen-bond donors (Lipinski definition) is 4. The van der Waals surface area contributed by atoms with Crippen LogP contribution < -0.4 is 16.0 Å². The molecule has 3 aromatic rings. The lowest BCUT2D eigenvalue weighted by Crippen LogP contribution is -2.51. The second-order valence-corrected chi connectivity index (χ2v) is 12.0. The summed E-state index contributed by atoms with van der Waals surface area (Å²) in [4.78, 5) is 67.6. The lowest BCUT2D eigenvalue weighted by atomic mass is 9.98. The van der Waals surface area contributed by atoms with Crippen LogP contribution in [0.2, 0.25) is 0 Å². The predicted molar refractivity (Wildman–Crippen MR) is 189 cm³/mol. The number of carbonyl (C=O) groups is 5. The van der Waals surface area contributed by atoms with Crippen LogP contribution in [0.5, 0.6) is 0 Å². The smallest absolute Gasteiger partial charge is 0.408 e. The Morgan fingerprint density at radius 2 is 1.58 bits per heavy atom. The topological polar surface area (TPSA) is 163 Å². The predicted octanol–water partition coefficient (Wildman–Crippen LogP) is 4.24. The van der Waals surface area contributed by atoms with Crippen molar-refractivity contribution in [2.24, 2.45) is 5.92 Å². The Kier molecular flexibility index (Phi) is 14.1. The van der Waals surface area contributed by atoms with Gasteiger partial charge in [0.1, 0.15) is 25.3 Å². The van der Waals surface area contributed by atoms with Crippen molar-refractivity contribution in [3.63, 3.8) is 0 Å².